The van der Waals surface area contributed by atoms with E-state index in [-0.39, 0.29) is 11.7 Å². The zero-order chi connectivity index (χ0) is 14.1. The van der Waals surface area contributed by atoms with E-state index in [1.165, 1.54) is 6.07 Å². The van der Waals surface area contributed by atoms with Crippen LogP contribution in [0.15, 0.2) is 41.1 Å². The van der Waals surface area contributed by atoms with E-state index in [1.54, 1.807) is 35.5 Å². The molecule has 0 bridgehead atoms. The van der Waals surface area contributed by atoms with Gasteiger partial charge in [-0.15, -0.1) is 0 Å². The van der Waals surface area contributed by atoms with Crippen LogP contribution in [0, 0.1) is 0 Å². The van der Waals surface area contributed by atoms with Crippen molar-refractivity contribution in [3.8, 4) is 11.5 Å². The van der Waals surface area contributed by atoms with Gasteiger partial charge in [0.25, 0.3) is 5.91 Å². The highest BCUT2D eigenvalue weighted by Crippen LogP contribution is 2.32. The van der Waals surface area contributed by atoms with Crippen LogP contribution in [0.4, 0.5) is 5.69 Å². The first-order valence-corrected chi connectivity index (χ1v) is 6.83. The maximum absolute atomic E-state index is 12.6. The van der Waals surface area contributed by atoms with Crippen LogP contribution in [0.25, 0.3) is 0 Å². The number of carbonyl (C=O) groups excluding carboxylic acids is 1. The first-order valence-electron chi connectivity index (χ1n) is 6.04. The van der Waals surface area contributed by atoms with Crippen LogP contribution in [0.1, 0.15) is 10.4 Å². The van der Waals surface area contributed by atoms with Crippen molar-refractivity contribution in [3.63, 3.8) is 0 Å². The Bertz CT molecular complexity index is 675. The number of nitrogens with zero attached hydrogens (tertiary/aromatic N) is 2. The predicted octanol–water partition coefficient (Wildman–Crippen LogP) is 2.59. The Labute approximate surface area is 123 Å². The van der Waals surface area contributed by atoms with Gasteiger partial charge in [-0.25, -0.2) is 0 Å². The minimum atomic E-state index is -0.138. The molecule has 0 saturated heterocycles. The third kappa shape index (κ3) is 2.22. The van der Waals surface area contributed by atoms with E-state index in [9.17, 15) is 9.90 Å². The number of amides is 1. The Balaban J connectivity index is 1.97. The van der Waals surface area contributed by atoms with E-state index in [0.29, 0.717) is 34.6 Å². The van der Waals surface area contributed by atoms with Crippen molar-refractivity contribution in [1.82, 2.24) is 4.98 Å². The summed E-state index contributed by atoms with van der Waals surface area (Å²) in [5, 5.41) is 9.49. The molecule has 0 unspecified atom stereocenters. The first kappa shape index (κ1) is 12.9. The molecule has 2 aromatic rings. The van der Waals surface area contributed by atoms with Crippen molar-refractivity contribution in [2.75, 3.05) is 18.1 Å². The second-order valence-corrected chi connectivity index (χ2v) is 5.17. The van der Waals surface area contributed by atoms with E-state index >= 15 is 0 Å². The third-order valence-electron chi connectivity index (χ3n) is 3.07. The van der Waals surface area contributed by atoms with Crippen LogP contribution < -0.4 is 9.64 Å². The highest BCUT2D eigenvalue weighted by molar-refractivity contribution is 9.10. The molecule has 1 amide bonds. The van der Waals surface area contributed by atoms with Gasteiger partial charge in [0.05, 0.1) is 22.9 Å². The molecule has 1 aromatic heterocycles. The van der Waals surface area contributed by atoms with Crippen LogP contribution in [0.5, 0.6) is 11.5 Å². The van der Waals surface area contributed by atoms with Crippen LogP contribution in [0.3, 0.4) is 0 Å². The zero-order valence-electron chi connectivity index (χ0n) is 10.4. The van der Waals surface area contributed by atoms with Crippen LogP contribution in [0.2, 0.25) is 0 Å². The summed E-state index contributed by atoms with van der Waals surface area (Å²) in [5.41, 5.74) is 1.21. The number of halogens is 1. The summed E-state index contributed by atoms with van der Waals surface area (Å²) in [6.45, 7) is 0.915. The van der Waals surface area contributed by atoms with Gasteiger partial charge in [-0.05, 0) is 40.2 Å². The average Bonchev–Trinajstić information content (AvgIpc) is 2.49. The van der Waals surface area contributed by atoms with E-state index in [0.717, 1.165) is 0 Å². The Hall–Kier alpha value is -2.08. The van der Waals surface area contributed by atoms with Crippen LogP contribution in [-0.4, -0.2) is 29.1 Å². The Morgan fingerprint density at radius 2 is 2.25 bits per heavy atom. The normalized spacial score (nSPS) is 13.6. The van der Waals surface area contributed by atoms with Crippen molar-refractivity contribution >= 4 is 27.5 Å². The molecule has 0 fully saturated rings. The molecular weight excluding hydrogens is 324 g/mol. The van der Waals surface area contributed by atoms with Gasteiger partial charge in [-0.1, -0.05) is 0 Å². The number of carbonyl (C=O) groups is 1. The number of anilines is 1. The summed E-state index contributed by atoms with van der Waals surface area (Å²) >= 11 is 3.21. The fourth-order valence-corrected chi connectivity index (χ4v) is 2.46. The molecule has 6 heteroatoms. The number of benzene rings is 1. The van der Waals surface area contributed by atoms with Gasteiger partial charge < -0.3 is 14.7 Å². The number of aromatic nitrogens is 1. The summed E-state index contributed by atoms with van der Waals surface area (Å²) in [7, 11) is 0. The standard InChI is InChI=1S/C14H11BrN2O3/c15-10-7-9(1-2-12(10)18)14(19)17-5-6-20-13-8-16-4-3-11(13)17/h1-4,7-8,18H,5-6H2. The Morgan fingerprint density at radius 3 is 3.05 bits per heavy atom. The maximum Gasteiger partial charge on any atom is 0.258 e. The second kappa shape index (κ2) is 5.13. The van der Waals surface area contributed by atoms with Crippen molar-refractivity contribution in [1.29, 1.82) is 0 Å². The fourth-order valence-electron chi connectivity index (χ4n) is 2.08. The second-order valence-electron chi connectivity index (χ2n) is 4.31. The number of phenols is 1. The van der Waals surface area contributed by atoms with Gasteiger partial charge in [0, 0.05) is 11.8 Å². The number of hydrogen-bond donors (Lipinski definition) is 1. The first-order chi connectivity index (χ1) is 9.66. The number of pyridine rings is 1. The molecule has 0 radical (unpaired) electrons. The molecular formula is C14H11BrN2O3. The van der Waals surface area contributed by atoms with E-state index < -0.39 is 0 Å². The predicted molar refractivity (Wildman–Crippen MR) is 77.2 cm³/mol. The molecule has 20 heavy (non-hydrogen) atoms. The number of ether oxygens (including phenoxy) is 1. The van der Waals surface area contributed by atoms with Gasteiger partial charge in [0.1, 0.15) is 12.4 Å². The lowest BCUT2D eigenvalue weighted by atomic mass is 10.1. The van der Waals surface area contributed by atoms with Crippen LogP contribution in [-0.2, 0) is 0 Å². The van der Waals surface area contributed by atoms with Gasteiger partial charge in [-0.2, -0.15) is 0 Å². The van der Waals surface area contributed by atoms with Gasteiger partial charge in [-0.3, -0.25) is 9.78 Å². The molecule has 5 nitrogen and oxygen atoms in total. The van der Waals surface area contributed by atoms with E-state index in [4.69, 9.17) is 4.74 Å². The molecule has 0 saturated carbocycles. The zero-order valence-corrected chi connectivity index (χ0v) is 12.0. The minimum absolute atomic E-state index is 0.105. The van der Waals surface area contributed by atoms with Crippen molar-refractivity contribution in [2.45, 2.75) is 0 Å². The molecule has 1 N–H and O–H groups in total. The van der Waals surface area contributed by atoms with E-state index in [2.05, 4.69) is 20.9 Å². The van der Waals surface area contributed by atoms with Crippen molar-refractivity contribution in [3.05, 3.63) is 46.7 Å². The van der Waals surface area contributed by atoms with Crippen molar-refractivity contribution < 1.29 is 14.6 Å². The highest BCUT2D eigenvalue weighted by atomic mass is 79.9. The molecule has 1 aromatic carbocycles. The minimum Gasteiger partial charge on any atom is -0.507 e. The highest BCUT2D eigenvalue weighted by Gasteiger charge is 2.24. The molecule has 1 aliphatic rings. The summed E-state index contributed by atoms with van der Waals surface area (Å²) in [5.74, 6) is 0.569. The smallest absolute Gasteiger partial charge is 0.258 e. The number of aromatic hydroxyl groups is 1. The SMILES string of the molecule is O=C(c1ccc(O)c(Br)c1)N1CCOc2cnccc21. The molecule has 0 aliphatic carbocycles. The number of phenolic OH excluding ortho intramolecular Hbond substituents is 1. The lowest BCUT2D eigenvalue weighted by Gasteiger charge is -2.29. The van der Waals surface area contributed by atoms with Gasteiger partial charge >= 0.3 is 0 Å². The van der Waals surface area contributed by atoms with Crippen LogP contribution >= 0.6 is 15.9 Å². The maximum atomic E-state index is 12.6. The lowest BCUT2D eigenvalue weighted by molar-refractivity contribution is 0.0976. The van der Waals surface area contributed by atoms with Gasteiger partial charge in [0.15, 0.2) is 5.75 Å². The third-order valence-corrected chi connectivity index (χ3v) is 3.70. The topological polar surface area (TPSA) is 62.7 Å². The summed E-state index contributed by atoms with van der Waals surface area (Å²) in [6, 6.07) is 6.44. The van der Waals surface area contributed by atoms with Gasteiger partial charge in [0.2, 0.25) is 0 Å². The molecule has 0 atom stereocenters. The molecule has 2 heterocycles. The monoisotopic (exact) mass is 334 g/mol. The molecule has 0 spiro atoms. The summed E-state index contributed by atoms with van der Waals surface area (Å²) in [4.78, 5) is 18.2. The Kier molecular flexibility index (Phi) is 3.31. The molecule has 1 aliphatic heterocycles. The Morgan fingerprint density at radius 1 is 1.40 bits per heavy atom. The van der Waals surface area contributed by atoms with Crippen molar-refractivity contribution in [2.24, 2.45) is 0 Å². The largest absolute Gasteiger partial charge is 0.507 e. The summed E-state index contributed by atoms with van der Waals surface area (Å²) in [6.07, 6.45) is 3.22. The number of rotatable bonds is 1. The lowest BCUT2D eigenvalue weighted by Crippen LogP contribution is -2.38. The molecule has 3 rings (SSSR count). The number of hydrogen-bond acceptors (Lipinski definition) is 4. The quantitative estimate of drug-likeness (QED) is 0.870. The van der Waals surface area contributed by atoms with E-state index in [1.807, 2.05) is 0 Å². The summed E-state index contributed by atoms with van der Waals surface area (Å²) < 4.78 is 5.97. The average molecular weight is 335 g/mol. The molecule has 102 valence electrons. The fraction of sp³-hybridized carbons (Fsp3) is 0.143. The number of fused-ring (bicyclic) bond motifs is 1.